The van der Waals surface area contributed by atoms with Crippen LogP contribution >= 0.6 is 0 Å². The molecule has 120 valence electrons. The molecule has 0 spiro atoms. The summed E-state index contributed by atoms with van der Waals surface area (Å²) in [5, 5.41) is 19.5. The highest BCUT2D eigenvalue weighted by molar-refractivity contribution is 5.90. The molecule has 9 nitrogen and oxygen atoms in total. The first-order valence-electron chi connectivity index (χ1n) is 6.25. The number of carbonyl (C=O) groups excluding carboxylic acids is 2. The molecule has 0 aliphatic rings. The number of ether oxygens (including phenoxy) is 3. The van der Waals surface area contributed by atoms with Crippen molar-refractivity contribution in [2.24, 2.45) is 0 Å². The van der Waals surface area contributed by atoms with Gasteiger partial charge in [-0.3, -0.25) is 10.1 Å². The maximum Gasteiger partial charge on any atom is 0.508 e. The number of nitro groups is 1. The van der Waals surface area contributed by atoms with Crippen LogP contribution < -0.4 is 0 Å². The monoisotopic (exact) mass is 313 g/mol. The fourth-order valence-corrected chi connectivity index (χ4v) is 1.50. The van der Waals surface area contributed by atoms with Crippen LogP contribution in [0.2, 0.25) is 0 Å². The quantitative estimate of drug-likeness (QED) is 0.346. The summed E-state index contributed by atoms with van der Waals surface area (Å²) in [6.45, 7) is -0.526. The van der Waals surface area contributed by atoms with E-state index in [-0.39, 0.29) is 43.1 Å². The SMILES string of the molecule is COC(=O)c1ccc(COC(=O)OCCCO)c([N+](=O)[O-])c1. The summed E-state index contributed by atoms with van der Waals surface area (Å²) in [4.78, 5) is 32.9. The van der Waals surface area contributed by atoms with Crippen LogP contribution in [0.5, 0.6) is 0 Å². The van der Waals surface area contributed by atoms with E-state index in [4.69, 9.17) is 9.84 Å². The van der Waals surface area contributed by atoms with Crippen LogP contribution in [-0.2, 0) is 20.8 Å². The van der Waals surface area contributed by atoms with Gasteiger partial charge in [0.1, 0.15) is 6.61 Å². The highest BCUT2D eigenvalue weighted by Crippen LogP contribution is 2.22. The van der Waals surface area contributed by atoms with E-state index in [1.807, 2.05) is 0 Å². The van der Waals surface area contributed by atoms with Gasteiger partial charge in [-0.05, 0) is 12.1 Å². The normalized spacial score (nSPS) is 9.91. The summed E-state index contributed by atoms with van der Waals surface area (Å²) in [7, 11) is 1.16. The smallest absolute Gasteiger partial charge is 0.465 e. The molecule has 0 radical (unpaired) electrons. The second-order valence-electron chi connectivity index (χ2n) is 4.06. The Kier molecular flexibility index (Phi) is 6.77. The molecule has 0 heterocycles. The predicted octanol–water partition coefficient (Wildman–Crippen LogP) is 1.42. The molecule has 0 saturated carbocycles. The number of aliphatic hydroxyl groups is 1. The van der Waals surface area contributed by atoms with Gasteiger partial charge in [0, 0.05) is 19.1 Å². The van der Waals surface area contributed by atoms with Gasteiger partial charge in [0.2, 0.25) is 0 Å². The Morgan fingerprint density at radius 2 is 2.05 bits per heavy atom. The van der Waals surface area contributed by atoms with Gasteiger partial charge < -0.3 is 19.3 Å². The largest absolute Gasteiger partial charge is 0.508 e. The van der Waals surface area contributed by atoms with Crippen molar-refractivity contribution in [3.8, 4) is 0 Å². The zero-order valence-corrected chi connectivity index (χ0v) is 11.8. The summed E-state index contributed by atoms with van der Waals surface area (Å²) in [5.41, 5.74) is -0.244. The third-order valence-electron chi connectivity index (χ3n) is 2.57. The number of rotatable bonds is 7. The lowest BCUT2D eigenvalue weighted by atomic mass is 10.1. The predicted molar refractivity (Wildman–Crippen MR) is 72.3 cm³/mol. The van der Waals surface area contributed by atoms with Gasteiger partial charge in [-0.15, -0.1) is 0 Å². The van der Waals surface area contributed by atoms with E-state index in [9.17, 15) is 19.7 Å². The Morgan fingerprint density at radius 1 is 1.32 bits per heavy atom. The Hall–Kier alpha value is -2.68. The average Bonchev–Trinajstić information content (AvgIpc) is 2.52. The molecule has 1 N–H and O–H groups in total. The highest BCUT2D eigenvalue weighted by atomic mass is 16.7. The van der Waals surface area contributed by atoms with E-state index in [0.29, 0.717) is 0 Å². The Morgan fingerprint density at radius 3 is 2.64 bits per heavy atom. The van der Waals surface area contributed by atoms with E-state index >= 15 is 0 Å². The van der Waals surface area contributed by atoms with Crippen LogP contribution in [0.15, 0.2) is 18.2 Å². The minimum atomic E-state index is -1.00. The van der Waals surface area contributed by atoms with Crippen molar-refractivity contribution in [2.45, 2.75) is 13.0 Å². The number of esters is 1. The molecule has 0 amide bonds. The molecule has 9 heteroatoms. The highest BCUT2D eigenvalue weighted by Gasteiger charge is 2.19. The van der Waals surface area contributed by atoms with E-state index < -0.39 is 17.0 Å². The summed E-state index contributed by atoms with van der Waals surface area (Å²) in [6, 6.07) is 3.67. The topological polar surface area (TPSA) is 125 Å². The molecule has 0 bridgehead atoms. The molecule has 0 aliphatic carbocycles. The Bertz CT molecular complexity index is 557. The van der Waals surface area contributed by atoms with Gasteiger partial charge in [0.15, 0.2) is 0 Å². The van der Waals surface area contributed by atoms with E-state index in [0.717, 1.165) is 13.2 Å². The molecule has 0 aliphatic heterocycles. The second-order valence-corrected chi connectivity index (χ2v) is 4.06. The van der Waals surface area contributed by atoms with Crippen molar-refractivity contribution in [2.75, 3.05) is 20.3 Å². The molecular weight excluding hydrogens is 298 g/mol. The fraction of sp³-hybridized carbons (Fsp3) is 0.385. The molecular formula is C13H15NO8. The van der Waals surface area contributed by atoms with E-state index in [2.05, 4.69) is 9.47 Å². The van der Waals surface area contributed by atoms with Gasteiger partial charge in [-0.25, -0.2) is 9.59 Å². The number of methoxy groups -OCH3 is 1. The van der Waals surface area contributed by atoms with Crippen molar-refractivity contribution in [3.63, 3.8) is 0 Å². The number of nitrogens with zero attached hydrogens (tertiary/aromatic N) is 1. The van der Waals surface area contributed by atoms with E-state index in [1.54, 1.807) is 0 Å². The molecule has 1 aromatic rings. The first-order chi connectivity index (χ1) is 10.5. The number of benzene rings is 1. The number of hydrogen-bond donors (Lipinski definition) is 1. The van der Waals surface area contributed by atoms with Crippen LogP contribution in [0.4, 0.5) is 10.5 Å². The zero-order chi connectivity index (χ0) is 16.5. The maximum atomic E-state index is 11.3. The van der Waals surface area contributed by atoms with Crippen LogP contribution in [0, 0.1) is 10.1 Å². The summed E-state index contributed by atoms with van der Waals surface area (Å²) < 4.78 is 13.8. The van der Waals surface area contributed by atoms with Gasteiger partial charge in [-0.1, -0.05) is 0 Å². The lowest BCUT2D eigenvalue weighted by Crippen LogP contribution is -2.10. The van der Waals surface area contributed by atoms with Crippen LogP contribution in [0.1, 0.15) is 22.3 Å². The minimum Gasteiger partial charge on any atom is -0.465 e. The summed E-state index contributed by atoms with van der Waals surface area (Å²) >= 11 is 0. The first kappa shape index (κ1) is 17.4. The molecule has 0 unspecified atom stereocenters. The lowest BCUT2D eigenvalue weighted by molar-refractivity contribution is -0.385. The van der Waals surface area contributed by atoms with Crippen molar-refractivity contribution < 1.29 is 33.8 Å². The van der Waals surface area contributed by atoms with E-state index in [1.165, 1.54) is 12.1 Å². The van der Waals surface area contributed by atoms with Crippen molar-refractivity contribution in [1.29, 1.82) is 0 Å². The summed E-state index contributed by atoms with van der Waals surface area (Å²) in [5.74, 6) is -0.709. The number of aliphatic hydroxyl groups excluding tert-OH is 1. The van der Waals surface area contributed by atoms with Crippen LogP contribution in [-0.4, -0.2) is 42.5 Å². The molecule has 0 fully saturated rings. The average molecular weight is 313 g/mol. The second kappa shape index (κ2) is 8.57. The fourth-order valence-electron chi connectivity index (χ4n) is 1.50. The van der Waals surface area contributed by atoms with Crippen molar-refractivity contribution in [1.82, 2.24) is 0 Å². The number of carbonyl (C=O) groups is 2. The molecule has 22 heavy (non-hydrogen) atoms. The molecule has 0 aromatic heterocycles. The lowest BCUT2D eigenvalue weighted by Gasteiger charge is -2.07. The summed E-state index contributed by atoms with van der Waals surface area (Å²) in [6.07, 6.45) is -0.733. The third kappa shape index (κ3) is 5.02. The zero-order valence-electron chi connectivity index (χ0n) is 11.8. The molecule has 0 saturated heterocycles. The van der Waals surface area contributed by atoms with Gasteiger partial charge in [0.05, 0.1) is 29.8 Å². The van der Waals surface area contributed by atoms with Crippen LogP contribution in [0.25, 0.3) is 0 Å². The Labute approximate surface area is 125 Å². The third-order valence-corrected chi connectivity index (χ3v) is 2.57. The van der Waals surface area contributed by atoms with Crippen molar-refractivity contribution in [3.05, 3.63) is 39.4 Å². The van der Waals surface area contributed by atoms with Crippen molar-refractivity contribution >= 4 is 17.8 Å². The maximum absolute atomic E-state index is 11.3. The first-order valence-corrected chi connectivity index (χ1v) is 6.25. The molecule has 0 atom stereocenters. The standard InChI is InChI=1S/C13H15NO8/c1-20-12(16)9-3-4-10(11(7-9)14(18)19)8-22-13(17)21-6-2-5-15/h3-4,7,15H,2,5-6,8H2,1H3. The Balaban J connectivity index is 2.75. The van der Waals surface area contributed by atoms with Crippen LogP contribution in [0.3, 0.4) is 0 Å². The molecule has 1 rings (SSSR count). The van der Waals surface area contributed by atoms with Gasteiger partial charge >= 0.3 is 12.1 Å². The number of nitro benzene ring substituents is 1. The molecule has 1 aromatic carbocycles. The minimum absolute atomic E-state index is 0.0152. The van der Waals surface area contributed by atoms with Gasteiger partial charge in [0.25, 0.3) is 5.69 Å². The number of hydrogen-bond acceptors (Lipinski definition) is 8. The van der Waals surface area contributed by atoms with Gasteiger partial charge in [-0.2, -0.15) is 0 Å².